The van der Waals surface area contributed by atoms with E-state index in [1.165, 1.54) is 22.6 Å². The largest absolute Gasteiger partial charge is 0.573 e. The normalized spacial score (nSPS) is 11.1. The molecule has 5 nitrogen and oxygen atoms in total. The number of hydrogen-bond donors (Lipinski definition) is 1. The number of carbonyl (C=O) groups is 1. The lowest BCUT2D eigenvalue weighted by Gasteiger charge is -2.13. The first kappa shape index (κ1) is 13.8. The minimum Gasteiger partial charge on any atom is -0.505 e. The van der Waals surface area contributed by atoms with Crippen LogP contribution >= 0.6 is 22.6 Å². The summed E-state index contributed by atoms with van der Waals surface area (Å²) in [5.74, 6) is -2.51. The van der Waals surface area contributed by atoms with Gasteiger partial charge in [0.2, 0.25) is 0 Å². The molecule has 0 amide bonds. The third kappa shape index (κ3) is 3.35. The number of aromatic hydroxyl groups is 1. The molecule has 1 aromatic heterocycles. The van der Waals surface area contributed by atoms with Crippen LogP contribution in [-0.2, 0) is 4.74 Å². The summed E-state index contributed by atoms with van der Waals surface area (Å²) in [5, 5.41) is 9.21. The van der Waals surface area contributed by atoms with Crippen molar-refractivity contribution in [2.75, 3.05) is 7.11 Å². The van der Waals surface area contributed by atoms with Crippen LogP contribution in [0.15, 0.2) is 6.20 Å². The van der Waals surface area contributed by atoms with Crippen molar-refractivity contribution in [3.63, 3.8) is 0 Å². The van der Waals surface area contributed by atoms with Gasteiger partial charge in [0.15, 0.2) is 17.2 Å². The number of carbonyl (C=O) groups excluding carboxylic acids is 1. The summed E-state index contributed by atoms with van der Waals surface area (Å²) in [6.07, 6.45) is -4.17. The van der Waals surface area contributed by atoms with E-state index in [-0.39, 0.29) is 3.57 Å². The first-order chi connectivity index (χ1) is 7.76. The summed E-state index contributed by atoms with van der Waals surface area (Å²) < 4.78 is 43.9. The topological polar surface area (TPSA) is 68.7 Å². The zero-order valence-electron chi connectivity index (χ0n) is 8.21. The average Bonchev–Trinajstić information content (AvgIpc) is 2.22. The van der Waals surface area contributed by atoms with Crippen LogP contribution < -0.4 is 4.74 Å². The summed E-state index contributed by atoms with van der Waals surface area (Å²) in [6, 6.07) is 0. The first-order valence-corrected chi connectivity index (χ1v) is 5.05. The van der Waals surface area contributed by atoms with Gasteiger partial charge in [-0.05, 0) is 22.6 Å². The van der Waals surface area contributed by atoms with E-state index in [0.717, 1.165) is 13.3 Å². The van der Waals surface area contributed by atoms with Gasteiger partial charge in [-0.15, -0.1) is 13.2 Å². The second-order valence-corrected chi connectivity index (χ2v) is 3.75. The minimum absolute atomic E-state index is 0.282. The molecule has 94 valence electrons. The van der Waals surface area contributed by atoms with Crippen molar-refractivity contribution in [2.24, 2.45) is 0 Å². The number of nitrogens with zero attached hydrogens (tertiary/aromatic N) is 1. The molecule has 0 atom stereocenters. The van der Waals surface area contributed by atoms with Gasteiger partial charge >= 0.3 is 12.3 Å². The fraction of sp³-hybridized carbons (Fsp3) is 0.250. The Labute approximate surface area is 107 Å². The number of pyridine rings is 1. The van der Waals surface area contributed by atoms with Gasteiger partial charge in [-0.2, -0.15) is 0 Å². The van der Waals surface area contributed by atoms with E-state index in [1.807, 2.05) is 0 Å². The average molecular weight is 363 g/mol. The maximum atomic E-state index is 12.1. The van der Waals surface area contributed by atoms with Crippen molar-refractivity contribution >= 4 is 28.6 Å². The lowest BCUT2D eigenvalue weighted by Crippen LogP contribution is -2.21. The molecule has 0 bridgehead atoms. The van der Waals surface area contributed by atoms with Crippen LogP contribution in [0.25, 0.3) is 0 Å². The second-order valence-electron chi connectivity index (χ2n) is 2.67. The summed E-state index contributed by atoms with van der Waals surface area (Å²) >= 11 is 1.40. The Morgan fingerprint density at radius 2 is 2.12 bits per heavy atom. The zero-order valence-corrected chi connectivity index (χ0v) is 10.4. The Morgan fingerprint density at radius 1 is 1.53 bits per heavy atom. The molecule has 0 radical (unpaired) electrons. The van der Waals surface area contributed by atoms with E-state index >= 15 is 0 Å². The molecule has 0 aliphatic carbocycles. The van der Waals surface area contributed by atoms with E-state index < -0.39 is 29.5 Å². The predicted molar refractivity (Wildman–Crippen MR) is 56.6 cm³/mol. The van der Waals surface area contributed by atoms with Crippen molar-refractivity contribution in [3.05, 3.63) is 15.5 Å². The van der Waals surface area contributed by atoms with Gasteiger partial charge in [-0.1, -0.05) is 0 Å². The van der Waals surface area contributed by atoms with Crippen LogP contribution in [0.1, 0.15) is 10.5 Å². The van der Waals surface area contributed by atoms with Crippen LogP contribution in [0.5, 0.6) is 11.5 Å². The maximum absolute atomic E-state index is 12.1. The van der Waals surface area contributed by atoms with Crippen molar-refractivity contribution in [2.45, 2.75) is 6.36 Å². The van der Waals surface area contributed by atoms with Crippen molar-refractivity contribution in [1.29, 1.82) is 0 Å². The van der Waals surface area contributed by atoms with Gasteiger partial charge < -0.3 is 14.6 Å². The summed E-state index contributed by atoms with van der Waals surface area (Å²) in [5.41, 5.74) is -0.660. The Hall–Kier alpha value is -1.26. The van der Waals surface area contributed by atoms with E-state index in [1.54, 1.807) is 0 Å². The Bertz CT molecular complexity index is 449. The van der Waals surface area contributed by atoms with E-state index in [0.29, 0.717) is 0 Å². The van der Waals surface area contributed by atoms with Crippen LogP contribution in [0.4, 0.5) is 13.2 Å². The smallest absolute Gasteiger partial charge is 0.505 e. The molecule has 1 aromatic rings. The molecule has 0 spiro atoms. The highest BCUT2D eigenvalue weighted by molar-refractivity contribution is 14.1. The Morgan fingerprint density at radius 3 is 2.59 bits per heavy atom. The van der Waals surface area contributed by atoms with Crippen LogP contribution in [0, 0.1) is 3.57 Å². The minimum atomic E-state index is -5.00. The molecule has 17 heavy (non-hydrogen) atoms. The van der Waals surface area contributed by atoms with Gasteiger partial charge in [-0.25, -0.2) is 9.78 Å². The quantitative estimate of drug-likeness (QED) is 0.644. The number of halogens is 4. The maximum Gasteiger partial charge on any atom is 0.573 e. The zero-order chi connectivity index (χ0) is 13.2. The van der Waals surface area contributed by atoms with E-state index in [2.05, 4.69) is 14.5 Å². The number of alkyl halides is 3. The molecule has 0 aromatic carbocycles. The number of methoxy groups -OCH3 is 1. The van der Waals surface area contributed by atoms with Crippen molar-refractivity contribution in [3.8, 4) is 11.5 Å². The van der Waals surface area contributed by atoms with Crippen LogP contribution in [-0.4, -0.2) is 29.5 Å². The SMILES string of the molecule is COC(=O)c1ncc(O)c(I)c1OC(F)(F)F. The molecule has 0 saturated carbocycles. The van der Waals surface area contributed by atoms with Crippen molar-refractivity contribution < 1.29 is 32.5 Å². The molecule has 0 aliphatic rings. The third-order valence-corrected chi connectivity index (χ3v) is 2.59. The second kappa shape index (κ2) is 4.94. The molecule has 1 heterocycles. The van der Waals surface area contributed by atoms with Crippen LogP contribution in [0.3, 0.4) is 0 Å². The summed E-state index contributed by atoms with van der Waals surface area (Å²) in [6.45, 7) is 0. The number of esters is 1. The molecule has 1 N–H and O–H groups in total. The molecular formula is C8H5F3INO4. The van der Waals surface area contributed by atoms with Gasteiger partial charge in [-0.3, -0.25) is 0 Å². The van der Waals surface area contributed by atoms with Crippen molar-refractivity contribution in [1.82, 2.24) is 4.98 Å². The fourth-order valence-corrected chi connectivity index (χ4v) is 1.42. The Kier molecular flexibility index (Phi) is 4.01. The Balaban J connectivity index is 3.31. The molecule has 0 aliphatic heterocycles. The number of rotatable bonds is 2. The number of hydrogen-bond acceptors (Lipinski definition) is 5. The van der Waals surface area contributed by atoms with E-state index in [4.69, 9.17) is 0 Å². The standard InChI is InChI=1S/C8H5F3INO4/c1-16-7(15)5-6(17-8(9,10)11)4(12)3(14)2-13-5/h2,14H,1H3. The number of ether oxygens (including phenoxy) is 2. The fourth-order valence-electron chi connectivity index (χ4n) is 0.912. The van der Waals surface area contributed by atoms with Gasteiger partial charge in [0.1, 0.15) is 3.57 Å². The van der Waals surface area contributed by atoms with Gasteiger partial charge in [0, 0.05) is 0 Å². The molecule has 1 rings (SSSR count). The monoisotopic (exact) mass is 363 g/mol. The predicted octanol–water partition coefficient (Wildman–Crippen LogP) is 2.08. The van der Waals surface area contributed by atoms with Crippen LogP contribution in [0.2, 0.25) is 0 Å². The number of aromatic nitrogens is 1. The molecule has 0 unspecified atom stereocenters. The summed E-state index contributed by atoms with van der Waals surface area (Å²) in [7, 11) is 0.987. The van der Waals surface area contributed by atoms with Gasteiger partial charge in [0.05, 0.1) is 13.3 Å². The highest BCUT2D eigenvalue weighted by atomic mass is 127. The summed E-state index contributed by atoms with van der Waals surface area (Å²) in [4.78, 5) is 14.5. The first-order valence-electron chi connectivity index (χ1n) is 3.97. The molecule has 0 fully saturated rings. The molecular weight excluding hydrogens is 358 g/mol. The highest BCUT2D eigenvalue weighted by Gasteiger charge is 2.35. The lowest BCUT2D eigenvalue weighted by atomic mass is 10.3. The van der Waals surface area contributed by atoms with Gasteiger partial charge in [0.25, 0.3) is 0 Å². The highest BCUT2D eigenvalue weighted by Crippen LogP contribution is 2.35. The third-order valence-electron chi connectivity index (χ3n) is 1.55. The lowest BCUT2D eigenvalue weighted by molar-refractivity contribution is -0.275. The van der Waals surface area contributed by atoms with E-state index in [9.17, 15) is 23.1 Å². The molecule has 0 saturated heterocycles. The molecule has 9 heteroatoms.